The molecule has 4 rings (SSSR count). The summed E-state index contributed by atoms with van der Waals surface area (Å²) in [6.07, 6.45) is 6.47. The average molecular weight is 610 g/mol. The van der Waals surface area contributed by atoms with Gasteiger partial charge in [0, 0.05) is 31.0 Å². The van der Waals surface area contributed by atoms with Crippen LogP contribution in [0, 0.1) is 17.8 Å². The number of unbranched alkanes of at least 4 members (excludes halogenated alkanes) is 1. The summed E-state index contributed by atoms with van der Waals surface area (Å²) in [5.74, 6) is -2.91. The van der Waals surface area contributed by atoms with E-state index in [9.17, 15) is 19.5 Å². The van der Waals surface area contributed by atoms with Crippen LogP contribution < -0.4 is 9.80 Å². The second-order valence-electron chi connectivity index (χ2n) is 12.6. The van der Waals surface area contributed by atoms with Gasteiger partial charge in [-0.1, -0.05) is 32.4 Å². The van der Waals surface area contributed by atoms with Crippen LogP contribution in [0.4, 0.5) is 11.4 Å². The van der Waals surface area contributed by atoms with Crippen LogP contribution in [0.3, 0.4) is 0 Å². The predicted molar refractivity (Wildman–Crippen MR) is 172 cm³/mol. The molecule has 2 bridgehead atoms. The van der Waals surface area contributed by atoms with Gasteiger partial charge in [-0.3, -0.25) is 14.4 Å². The molecule has 242 valence electrons. The van der Waals surface area contributed by atoms with Crippen LogP contribution in [0.5, 0.6) is 0 Å². The van der Waals surface area contributed by atoms with Gasteiger partial charge in [-0.2, -0.15) is 0 Å². The Morgan fingerprint density at radius 1 is 1.14 bits per heavy atom. The number of amides is 2. The van der Waals surface area contributed by atoms with Crippen molar-refractivity contribution in [3.05, 3.63) is 49.6 Å². The summed E-state index contributed by atoms with van der Waals surface area (Å²) < 4.78 is 12.5. The maximum absolute atomic E-state index is 14.9. The molecule has 0 radical (unpaired) electrons. The fraction of sp³-hybridized carbons (Fsp3) is 0.629. The molecule has 44 heavy (non-hydrogen) atoms. The zero-order chi connectivity index (χ0) is 32.2. The minimum absolute atomic E-state index is 0.0900. The molecule has 1 aromatic rings. The first-order valence-electron chi connectivity index (χ1n) is 16.3. The molecule has 2 unspecified atom stereocenters. The smallest absolute Gasteiger partial charge is 0.312 e. The zero-order valence-electron chi connectivity index (χ0n) is 27.2. The van der Waals surface area contributed by atoms with Gasteiger partial charge in [0.25, 0.3) is 5.91 Å². The number of nitrogens with zero attached hydrogens (tertiary/aromatic N) is 3. The molecule has 1 N–H and O–H groups in total. The highest BCUT2D eigenvalue weighted by Crippen LogP contribution is 2.64. The van der Waals surface area contributed by atoms with Crippen molar-refractivity contribution in [1.82, 2.24) is 4.90 Å². The van der Waals surface area contributed by atoms with Gasteiger partial charge in [0.2, 0.25) is 5.91 Å². The van der Waals surface area contributed by atoms with Crippen LogP contribution >= 0.6 is 0 Å². The lowest BCUT2D eigenvalue weighted by Crippen LogP contribution is -2.60. The number of ether oxygens (including phenoxy) is 2. The fourth-order valence-electron chi connectivity index (χ4n) is 7.69. The lowest BCUT2D eigenvalue weighted by Gasteiger charge is -2.41. The number of likely N-dealkylation sites (tertiary alicyclic amines) is 1. The van der Waals surface area contributed by atoms with E-state index in [-0.39, 0.29) is 37.5 Å². The van der Waals surface area contributed by atoms with Crippen LogP contribution in [0.1, 0.15) is 66.7 Å². The van der Waals surface area contributed by atoms with Crippen LogP contribution in [-0.2, 0) is 23.9 Å². The summed E-state index contributed by atoms with van der Waals surface area (Å²) in [6.45, 7) is 19.5. The summed E-state index contributed by atoms with van der Waals surface area (Å²) in [7, 11) is 0. The van der Waals surface area contributed by atoms with Crippen molar-refractivity contribution in [2.75, 3.05) is 42.6 Å². The van der Waals surface area contributed by atoms with E-state index >= 15 is 0 Å². The minimum atomic E-state index is -1.21. The quantitative estimate of drug-likeness (QED) is 0.164. The number of rotatable bonds is 16. The first kappa shape index (κ1) is 33.7. The van der Waals surface area contributed by atoms with Crippen molar-refractivity contribution < 1.29 is 29.0 Å². The number of anilines is 2. The van der Waals surface area contributed by atoms with E-state index in [1.165, 1.54) is 0 Å². The number of hydrogen-bond donors (Lipinski definition) is 1. The van der Waals surface area contributed by atoms with E-state index in [1.807, 2.05) is 45.0 Å². The summed E-state index contributed by atoms with van der Waals surface area (Å²) >= 11 is 0. The fourth-order valence-corrected chi connectivity index (χ4v) is 7.69. The molecule has 7 atom stereocenters. The van der Waals surface area contributed by atoms with Gasteiger partial charge in [0.15, 0.2) is 0 Å². The molecule has 3 heterocycles. The van der Waals surface area contributed by atoms with Gasteiger partial charge in [0.05, 0.1) is 30.8 Å². The third kappa shape index (κ3) is 5.69. The molecule has 3 aliphatic rings. The molecule has 0 saturated carbocycles. The van der Waals surface area contributed by atoms with Crippen molar-refractivity contribution in [3.8, 4) is 0 Å². The van der Waals surface area contributed by atoms with Gasteiger partial charge in [0.1, 0.15) is 17.6 Å². The molecule has 9 heteroatoms. The molecule has 1 spiro atoms. The van der Waals surface area contributed by atoms with Gasteiger partial charge < -0.3 is 29.3 Å². The van der Waals surface area contributed by atoms with Crippen molar-refractivity contribution in [2.45, 2.75) is 90.0 Å². The molecule has 2 amide bonds. The number of carbonyl (C=O) groups excluding carboxylic acids is 3. The van der Waals surface area contributed by atoms with E-state index in [2.05, 4.69) is 31.9 Å². The Hall–Kier alpha value is -3.17. The normalized spacial score (nSPS) is 28.4. The number of esters is 1. The van der Waals surface area contributed by atoms with E-state index < -0.39 is 41.1 Å². The van der Waals surface area contributed by atoms with Crippen LogP contribution in [0.2, 0.25) is 0 Å². The van der Waals surface area contributed by atoms with Crippen LogP contribution in [-0.4, -0.2) is 83.9 Å². The monoisotopic (exact) mass is 609 g/mol. The molecule has 9 nitrogen and oxygen atoms in total. The van der Waals surface area contributed by atoms with Gasteiger partial charge in [-0.05, 0) is 76.6 Å². The third-order valence-corrected chi connectivity index (χ3v) is 10.2. The van der Waals surface area contributed by atoms with E-state index in [0.29, 0.717) is 37.8 Å². The second-order valence-corrected chi connectivity index (χ2v) is 12.6. The Labute approximate surface area is 262 Å². The number of fused-ring (bicyclic) bond motifs is 1. The molecule has 3 saturated heterocycles. The average Bonchev–Trinajstić information content (AvgIpc) is 3.59. The van der Waals surface area contributed by atoms with E-state index in [1.54, 1.807) is 22.0 Å². The van der Waals surface area contributed by atoms with E-state index in [0.717, 1.165) is 18.8 Å². The highest BCUT2D eigenvalue weighted by Gasteiger charge is 2.79. The van der Waals surface area contributed by atoms with Crippen LogP contribution in [0.15, 0.2) is 49.6 Å². The lowest BCUT2D eigenvalue weighted by molar-refractivity contribution is -0.161. The highest BCUT2D eigenvalue weighted by atomic mass is 16.6. The van der Waals surface area contributed by atoms with Crippen molar-refractivity contribution in [3.63, 3.8) is 0 Å². The SMILES string of the molecule is C=CCCCOC(=O)[C@@H]1[C@H]2C(=O)N([C@@H](CO)[C@@H](C)CC)C(C(=O)N(CC=C)c3ccc(N(CC)CC)cc3)C23CC[C@@]1(C)O3. The van der Waals surface area contributed by atoms with Crippen molar-refractivity contribution >= 4 is 29.2 Å². The maximum Gasteiger partial charge on any atom is 0.312 e. The standard InChI is InChI=1S/C35H51N3O6/c1-8-13-14-22-43-33(42)29-28-31(40)38(27(23-39)24(6)10-3)30(35(28)20-19-34(29,7)44-35)32(41)37(21-9-2)26-17-15-25(16-18-26)36(11-4)12-5/h8-9,15-18,24,27-30,39H,1-2,10-14,19-23H2,3-7H3/t24-,27-,28-,29-,30?,34+,35?/m0/s1. The first-order valence-corrected chi connectivity index (χ1v) is 16.3. The largest absolute Gasteiger partial charge is 0.465 e. The van der Waals surface area contributed by atoms with E-state index in [4.69, 9.17) is 9.47 Å². The Bertz CT molecular complexity index is 1220. The summed E-state index contributed by atoms with van der Waals surface area (Å²) in [5.41, 5.74) is -0.410. The van der Waals surface area contributed by atoms with Crippen molar-refractivity contribution in [2.24, 2.45) is 17.8 Å². The minimum Gasteiger partial charge on any atom is -0.465 e. The summed E-state index contributed by atoms with van der Waals surface area (Å²) in [6, 6.07) is 6.20. The molecule has 0 aliphatic carbocycles. The highest BCUT2D eigenvalue weighted by molar-refractivity contribution is 6.05. The number of carbonyl (C=O) groups is 3. The summed E-state index contributed by atoms with van der Waals surface area (Å²) in [4.78, 5) is 48.5. The van der Waals surface area contributed by atoms with Gasteiger partial charge in [-0.15, -0.1) is 13.2 Å². The molecule has 3 aliphatic heterocycles. The number of aliphatic hydroxyl groups is 1. The third-order valence-electron chi connectivity index (χ3n) is 10.2. The second kappa shape index (κ2) is 13.9. The Morgan fingerprint density at radius 3 is 2.36 bits per heavy atom. The topological polar surface area (TPSA) is 99.6 Å². The number of benzene rings is 1. The predicted octanol–water partition coefficient (Wildman–Crippen LogP) is 4.73. The Kier molecular flexibility index (Phi) is 10.6. The van der Waals surface area contributed by atoms with Crippen LogP contribution in [0.25, 0.3) is 0 Å². The van der Waals surface area contributed by atoms with Gasteiger partial charge in [-0.25, -0.2) is 0 Å². The number of aliphatic hydroxyl groups excluding tert-OH is 1. The number of hydrogen-bond acceptors (Lipinski definition) is 7. The number of allylic oxidation sites excluding steroid dienone is 1. The Balaban J connectivity index is 1.78. The molecular weight excluding hydrogens is 558 g/mol. The maximum atomic E-state index is 14.9. The zero-order valence-corrected chi connectivity index (χ0v) is 27.2. The van der Waals surface area contributed by atoms with Gasteiger partial charge >= 0.3 is 5.97 Å². The molecule has 0 aromatic heterocycles. The van der Waals surface area contributed by atoms with Crippen molar-refractivity contribution in [1.29, 1.82) is 0 Å². The lowest BCUT2D eigenvalue weighted by atomic mass is 9.66. The Morgan fingerprint density at radius 2 is 1.80 bits per heavy atom. The summed E-state index contributed by atoms with van der Waals surface area (Å²) in [5, 5.41) is 10.6. The molecular formula is C35H51N3O6. The first-order chi connectivity index (χ1) is 21.1. The molecule has 1 aromatic carbocycles. The molecule has 3 fully saturated rings.